The van der Waals surface area contributed by atoms with Crippen molar-refractivity contribution in [3.63, 3.8) is 0 Å². The third kappa shape index (κ3) is 5.39. The molecular weight excluding hydrogens is 474 g/mol. The number of β-amino-alcohol motifs (C(OH)–C–C–N with tert-alkyl or cyclic N) is 1. The van der Waals surface area contributed by atoms with Gasteiger partial charge in [0.15, 0.2) is 0 Å². The van der Waals surface area contributed by atoms with E-state index in [4.69, 9.17) is 21.1 Å². The average Bonchev–Trinajstić information content (AvgIpc) is 3.37. The van der Waals surface area contributed by atoms with Gasteiger partial charge >= 0.3 is 5.97 Å². The molecule has 0 bridgehead atoms. The lowest BCUT2D eigenvalue weighted by molar-refractivity contribution is -0.139. The highest BCUT2D eigenvalue weighted by molar-refractivity contribution is 7.98. The molecule has 2 aromatic rings. The van der Waals surface area contributed by atoms with E-state index in [-0.39, 0.29) is 30.3 Å². The van der Waals surface area contributed by atoms with Crippen LogP contribution in [-0.2, 0) is 16.0 Å². The minimum atomic E-state index is -0.824. The fourth-order valence-corrected chi connectivity index (χ4v) is 5.67. The maximum absolute atomic E-state index is 11.4. The zero-order chi connectivity index (χ0) is 24.6. The molecule has 34 heavy (non-hydrogen) atoms. The first-order chi connectivity index (χ1) is 16.1. The number of rotatable bonds is 11. The van der Waals surface area contributed by atoms with Crippen LogP contribution in [0.5, 0.6) is 5.75 Å². The number of carbonyl (C=O) groups is 1. The van der Waals surface area contributed by atoms with E-state index in [1.807, 2.05) is 43.5 Å². The molecule has 184 valence electrons. The maximum atomic E-state index is 11.4. The zero-order valence-corrected chi connectivity index (χ0v) is 21.4. The van der Waals surface area contributed by atoms with Crippen molar-refractivity contribution in [3.05, 3.63) is 58.1 Å². The molecule has 0 spiro atoms. The molecule has 2 aliphatic rings. The van der Waals surface area contributed by atoms with Gasteiger partial charge in [-0.15, -0.1) is 11.8 Å². The van der Waals surface area contributed by atoms with Gasteiger partial charge in [-0.05, 0) is 62.8 Å². The van der Waals surface area contributed by atoms with Crippen molar-refractivity contribution in [3.8, 4) is 5.75 Å². The molecule has 0 saturated heterocycles. The van der Waals surface area contributed by atoms with E-state index in [9.17, 15) is 15.0 Å². The summed E-state index contributed by atoms with van der Waals surface area (Å²) in [5.41, 5.74) is 2.77. The monoisotopic (exact) mass is 505 g/mol. The van der Waals surface area contributed by atoms with Crippen LogP contribution in [-0.4, -0.2) is 53.3 Å². The van der Waals surface area contributed by atoms with E-state index in [0.29, 0.717) is 6.54 Å². The quantitative estimate of drug-likeness (QED) is 0.382. The predicted molar refractivity (Wildman–Crippen MR) is 134 cm³/mol. The molecule has 2 aromatic carbocycles. The molecule has 0 aromatic heterocycles. The van der Waals surface area contributed by atoms with Crippen molar-refractivity contribution in [1.29, 1.82) is 0 Å². The van der Waals surface area contributed by atoms with E-state index < -0.39 is 18.0 Å². The number of hydrogen-bond acceptors (Lipinski definition) is 6. The maximum Gasteiger partial charge on any atom is 0.311 e. The number of ether oxygens (including phenoxy) is 2. The van der Waals surface area contributed by atoms with E-state index >= 15 is 0 Å². The second-order valence-corrected chi connectivity index (χ2v) is 11.0. The number of benzene rings is 2. The number of nitrogens with one attached hydrogen (secondary N) is 1. The molecule has 0 radical (unpaired) electrons. The molecule has 3 N–H and O–H groups in total. The van der Waals surface area contributed by atoms with Crippen LogP contribution in [0.1, 0.15) is 49.5 Å². The summed E-state index contributed by atoms with van der Waals surface area (Å²) in [7, 11) is 0. The molecule has 0 unspecified atom stereocenters. The van der Waals surface area contributed by atoms with E-state index in [2.05, 4.69) is 25.2 Å². The van der Waals surface area contributed by atoms with Gasteiger partial charge in [0.05, 0.1) is 23.8 Å². The Morgan fingerprint density at radius 3 is 2.76 bits per heavy atom. The van der Waals surface area contributed by atoms with Crippen LogP contribution in [0.2, 0.25) is 5.02 Å². The van der Waals surface area contributed by atoms with Crippen LogP contribution in [0, 0.1) is 5.92 Å². The van der Waals surface area contributed by atoms with Crippen LogP contribution in [0.15, 0.2) is 41.3 Å². The molecule has 8 heteroatoms. The number of carboxylic acids is 1. The largest absolute Gasteiger partial charge is 0.489 e. The smallest absolute Gasteiger partial charge is 0.311 e. The molecule has 6 nitrogen and oxygen atoms in total. The molecule has 4 rings (SSSR count). The Morgan fingerprint density at radius 1 is 1.32 bits per heavy atom. The molecule has 1 heterocycles. The van der Waals surface area contributed by atoms with Crippen LogP contribution in [0.4, 0.5) is 0 Å². The Hall–Kier alpha value is -1.77. The summed E-state index contributed by atoms with van der Waals surface area (Å²) >= 11 is 7.97. The predicted octanol–water partition coefficient (Wildman–Crippen LogP) is 4.67. The molecule has 5 atom stereocenters. The average molecular weight is 506 g/mol. The lowest BCUT2D eigenvalue weighted by atomic mass is 9.94. The third-order valence-corrected chi connectivity index (χ3v) is 7.81. The summed E-state index contributed by atoms with van der Waals surface area (Å²) in [5.74, 6) is -0.670. The number of carboxylic acid groups (broad SMARTS) is 1. The number of aliphatic hydroxyl groups is 1. The minimum absolute atomic E-state index is 0.111. The number of fused-ring (bicyclic) bond motifs is 3. The number of hydrogen-bond donors (Lipinski definition) is 3. The Kier molecular flexibility index (Phi) is 7.50. The summed E-state index contributed by atoms with van der Waals surface area (Å²) in [6.07, 6.45) is 1.54. The summed E-state index contributed by atoms with van der Waals surface area (Å²) in [4.78, 5) is 12.5. The second kappa shape index (κ2) is 10.1. The highest BCUT2D eigenvalue weighted by Gasteiger charge is 2.63. The van der Waals surface area contributed by atoms with Crippen molar-refractivity contribution >= 4 is 29.3 Å². The van der Waals surface area contributed by atoms with Gasteiger partial charge in [-0.25, -0.2) is 0 Å². The van der Waals surface area contributed by atoms with Gasteiger partial charge in [0, 0.05) is 28.5 Å². The molecule has 1 fully saturated rings. The lowest BCUT2D eigenvalue weighted by Crippen LogP contribution is -2.46. The molecular formula is C26H32ClNO5S. The Balaban J connectivity index is 1.29. The fourth-order valence-electron chi connectivity index (χ4n) is 4.78. The Bertz CT molecular complexity index is 1060. The van der Waals surface area contributed by atoms with Crippen molar-refractivity contribution in [1.82, 2.24) is 5.32 Å². The van der Waals surface area contributed by atoms with E-state index in [0.717, 1.165) is 38.8 Å². The van der Waals surface area contributed by atoms with Crippen LogP contribution in [0.3, 0.4) is 0 Å². The van der Waals surface area contributed by atoms with Crippen molar-refractivity contribution in [2.75, 3.05) is 19.4 Å². The van der Waals surface area contributed by atoms with Gasteiger partial charge < -0.3 is 25.0 Å². The van der Waals surface area contributed by atoms with E-state index in [1.165, 1.54) is 0 Å². The van der Waals surface area contributed by atoms with Crippen molar-refractivity contribution in [2.45, 2.75) is 61.9 Å². The lowest BCUT2D eigenvalue weighted by Gasteiger charge is -2.28. The van der Waals surface area contributed by atoms with Crippen molar-refractivity contribution < 1.29 is 24.5 Å². The van der Waals surface area contributed by atoms with Crippen LogP contribution in [0.25, 0.3) is 0 Å². The van der Waals surface area contributed by atoms with E-state index in [1.54, 1.807) is 11.8 Å². The summed E-state index contributed by atoms with van der Waals surface area (Å²) < 4.78 is 11.8. The number of thioether (sulfide) groups is 1. The molecule has 0 amide bonds. The van der Waals surface area contributed by atoms with Gasteiger partial charge in [-0.1, -0.05) is 29.8 Å². The topological polar surface area (TPSA) is 88.0 Å². The summed E-state index contributed by atoms with van der Waals surface area (Å²) in [6, 6.07) is 11.8. The fraction of sp³-hybridized carbons (Fsp3) is 0.500. The van der Waals surface area contributed by atoms with Gasteiger partial charge in [0.2, 0.25) is 0 Å². The molecule has 1 aliphatic heterocycles. The van der Waals surface area contributed by atoms with Crippen LogP contribution >= 0.6 is 23.4 Å². The summed E-state index contributed by atoms with van der Waals surface area (Å²) in [5, 5.41) is 24.1. The number of aliphatic carboxylic acids is 1. The first kappa shape index (κ1) is 25.3. The minimum Gasteiger partial charge on any atom is -0.489 e. The zero-order valence-electron chi connectivity index (χ0n) is 19.9. The highest BCUT2D eigenvalue weighted by atomic mass is 35.5. The molecule has 1 aliphatic carbocycles. The SMILES string of the molecule is CSc1ccc(CC(C)(C)NC[C@@H](O)CO[C@H](C)c2cccc3c2[C@@H]2[C@H](O3)[C@H]2C(=O)O)cc1Cl. The Morgan fingerprint density at radius 2 is 2.09 bits per heavy atom. The number of aliphatic hydroxyl groups excluding tert-OH is 1. The number of halogens is 1. The Labute approximate surface area is 210 Å². The van der Waals surface area contributed by atoms with Crippen LogP contribution < -0.4 is 10.1 Å². The van der Waals surface area contributed by atoms with Gasteiger partial charge in [-0.3, -0.25) is 4.79 Å². The third-order valence-electron chi connectivity index (χ3n) is 6.59. The second-order valence-electron chi connectivity index (χ2n) is 9.77. The van der Waals surface area contributed by atoms with Crippen molar-refractivity contribution in [2.24, 2.45) is 5.92 Å². The normalized spacial score (nSPS) is 22.5. The summed E-state index contributed by atoms with van der Waals surface area (Å²) in [6.45, 7) is 6.67. The van der Waals surface area contributed by atoms with Gasteiger partial charge in [0.1, 0.15) is 17.8 Å². The first-order valence-electron chi connectivity index (χ1n) is 11.5. The molecule has 1 saturated carbocycles. The first-order valence-corrected chi connectivity index (χ1v) is 13.1. The standard InChI is InChI=1S/C26H32ClNO5S/c1-14(17-6-5-7-19-21(17)22-23(25(30)31)24(22)33-19)32-13-16(29)12-28-26(2,3)11-15-8-9-20(34-4)18(27)10-15/h5-10,14,16,22-24,28-29H,11-13H2,1-4H3,(H,30,31)/t14-,16-,22+,23+,24+/m1/s1. The highest BCUT2D eigenvalue weighted by Crippen LogP contribution is 2.60. The van der Waals surface area contributed by atoms with Gasteiger partial charge in [0.25, 0.3) is 0 Å². The van der Waals surface area contributed by atoms with Gasteiger partial charge in [-0.2, -0.15) is 0 Å².